The molecular formula is C14H17F3N2O. The van der Waals surface area contributed by atoms with Crippen LogP contribution in [0.2, 0.25) is 0 Å². The molecule has 0 bridgehead atoms. The Labute approximate surface area is 115 Å². The number of halogens is 3. The number of amides is 1. The van der Waals surface area contributed by atoms with Crippen molar-refractivity contribution >= 4 is 5.91 Å². The maximum Gasteiger partial charge on any atom is 0.254 e. The standard InChI is InChI=1S/C14H17F3N2O/c15-10-5-4-9(11(16)12(10)17)13(20)19-8-14(18)6-2-1-3-7-14/h4-5H,1-3,6-8,18H2,(H,19,20). The molecule has 0 atom stereocenters. The van der Waals surface area contributed by atoms with Crippen LogP contribution < -0.4 is 11.1 Å². The molecule has 1 saturated carbocycles. The Morgan fingerprint density at radius 1 is 1.15 bits per heavy atom. The molecule has 3 nitrogen and oxygen atoms in total. The second kappa shape index (κ2) is 5.83. The number of carbonyl (C=O) groups is 1. The summed E-state index contributed by atoms with van der Waals surface area (Å²) in [5, 5.41) is 2.50. The maximum absolute atomic E-state index is 13.5. The van der Waals surface area contributed by atoms with E-state index in [0.29, 0.717) is 0 Å². The summed E-state index contributed by atoms with van der Waals surface area (Å²) in [6.45, 7) is 0.199. The molecule has 6 heteroatoms. The summed E-state index contributed by atoms with van der Waals surface area (Å²) in [5.41, 5.74) is 5.13. The molecule has 20 heavy (non-hydrogen) atoms. The summed E-state index contributed by atoms with van der Waals surface area (Å²) in [7, 11) is 0. The summed E-state index contributed by atoms with van der Waals surface area (Å²) in [4.78, 5) is 11.8. The number of nitrogens with one attached hydrogen (secondary N) is 1. The lowest BCUT2D eigenvalue weighted by molar-refractivity contribution is 0.0932. The van der Waals surface area contributed by atoms with E-state index in [0.717, 1.165) is 44.2 Å². The van der Waals surface area contributed by atoms with E-state index < -0.39 is 34.5 Å². The molecule has 3 N–H and O–H groups in total. The largest absolute Gasteiger partial charge is 0.350 e. The van der Waals surface area contributed by atoms with Crippen LogP contribution in [0.4, 0.5) is 13.2 Å². The van der Waals surface area contributed by atoms with Gasteiger partial charge in [0.15, 0.2) is 17.5 Å². The smallest absolute Gasteiger partial charge is 0.254 e. The molecule has 1 aromatic carbocycles. The van der Waals surface area contributed by atoms with Gasteiger partial charge in [-0.1, -0.05) is 19.3 Å². The first-order chi connectivity index (χ1) is 9.43. The highest BCUT2D eigenvalue weighted by atomic mass is 19.2. The second-order valence-electron chi connectivity index (χ2n) is 5.33. The number of nitrogens with two attached hydrogens (primary N) is 1. The Bertz CT molecular complexity index is 513. The number of rotatable bonds is 3. The van der Waals surface area contributed by atoms with Crippen molar-refractivity contribution in [3.8, 4) is 0 Å². The van der Waals surface area contributed by atoms with E-state index in [4.69, 9.17) is 5.73 Å². The van der Waals surface area contributed by atoms with Gasteiger partial charge >= 0.3 is 0 Å². The lowest BCUT2D eigenvalue weighted by atomic mass is 9.82. The van der Waals surface area contributed by atoms with Gasteiger partial charge in [-0.05, 0) is 25.0 Å². The predicted molar refractivity (Wildman–Crippen MR) is 68.7 cm³/mol. The quantitative estimate of drug-likeness (QED) is 0.839. The lowest BCUT2D eigenvalue weighted by Gasteiger charge is -2.33. The van der Waals surface area contributed by atoms with Crippen molar-refractivity contribution in [1.82, 2.24) is 5.32 Å². The fourth-order valence-corrected chi connectivity index (χ4v) is 2.49. The summed E-state index contributed by atoms with van der Waals surface area (Å²) >= 11 is 0. The van der Waals surface area contributed by atoms with E-state index in [1.165, 1.54) is 0 Å². The van der Waals surface area contributed by atoms with Gasteiger partial charge in [0, 0.05) is 12.1 Å². The van der Waals surface area contributed by atoms with Crippen molar-refractivity contribution in [2.75, 3.05) is 6.54 Å². The highest BCUT2D eigenvalue weighted by Crippen LogP contribution is 2.25. The molecule has 1 aliphatic rings. The first kappa shape index (κ1) is 14.8. The van der Waals surface area contributed by atoms with E-state index in [2.05, 4.69) is 5.32 Å². The molecule has 0 radical (unpaired) electrons. The van der Waals surface area contributed by atoms with Crippen LogP contribution in [0.15, 0.2) is 12.1 Å². The average Bonchev–Trinajstić information content (AvgIpc) is 2.43. The molecule has 1 aromatic rings. The third-order valence-electron chi connectivity index (χ3n) is 3.73. The Morgan fingerprint density at radius 3 is 2.45 bits per heavy atom. The molecule has 0 aromatic heterocycles. The zero-order chi connectivity index (χ0) is 14.8. The molecule has 0 aliphatic heterocycles. The van der Waals surface area contributed by atoms with Crippen LogP contribution >= 0.6 is 0 Å². The zero-order valence-corrected chi connectivity index (χ0v) is 11.0. The Hall–Kier alpha value is -1.56. The maximum atomic E-state index is 13.5. The van der Waals surface area contributed by atoms with E-state index >= 15 is 0 Å². The lowest BCUT2D eigenvalue weighted by Crippen LogP contribution is -2.51. The van der Waals surface area contributed by atoms with Gasteiger partial charge in [-0.25, -0.2) is 13.2 Å². The van der Waals surface area contributed by atoms with Crippen LogP contribution in [-0.2, 0) is 0 Å². The SMILES string of the molecule is NC1(CNC(=O)c2ccc(F)c(F)c2F)CCCCC1. The number of hydrogen-bond donors (Lipinski definition) is 2. The predicted octanol–water partition coefficient (Wildman–Crippen LogP) is 2.50. The van der Waals surface area contributed by atoms with Gasteiger partial charge in [-0.3, -0.25) is 4.79 Å². The van der Waals surface area contributed by atoms with Crippen LogP contribution in [0.25, 0.3) is 0 Å². The summed E-state index contributed by atoms with van der Waals surface area (Å²) in [6, 6.07) is 1.65. The van der Waals surface area contributed by atoms with Crippen molar-refractivity contribution in [1.29, 1.82) is 0 Å². The van der Waals surface area contributed by atoms with Crippen LogP contribution in [0.1, 0.15) is 42.5 Å². The minimum atomic E-state index is -1.64. The molecule has 1 fully saturated rings. The fourth-order valence-electron chi connectivity index (χ4n) is 2.49. The van der Waals surface area contributed by atoms with Gasteiger partial charge in [0.25, 0.3) is 5.91 Å². The van der Waals surface area contributed by atoms with E-state index in [-0.39, 0.29) is 6.54 Å². The van der Waals surface area contributed by atoms with Gasteiger partial charge in [-0.2, -0.15) is 0 Å². The molecule has 1 amide bonds. The molecule has 1 aliphatic carbocycles. The normalized spacial score (nSPS) is 17.8. The van der Waals surface area contributed by atoms with Crippen molar-refractivity contribution in [2.45, 2.75) is 37.6 Å². The molecule has 2 rings (SSSR count). The van der Waals surface area contributed by atoms with Gasteiger partial charge in [0.05, 0.1) is 5.56 Å². The highest BCUT2D eigenvalue weighted by Gasteiger charge is 2.28. The van der Waals surface area contributed by atoms with E-state index in [9.17, 15) is 18.0 Å². The first-order valence-electron chi connectivity index (χ1n) is 6.63. The molecule has 0 spiro atoms. The first-order valence-corrected chi connectivity index (χ1v) is 6.63. The fraction of sp³-hybridized carbons (Fsp3) is 0.500. The van der Waals surface area contributed by atoms with Crippen molar-refractivity contribution in [3.63, 3.8) is 0 Å². The molecular weight excluding hydrogens is 269 g/mol. The van der Waals surface area contributed by atoms with Gasteiger partial charge in [-0.15, -0.1) is 0 Å². The topological polar surface area (TPSA) is 55.1 Å². The minimum absolute atomic E-state index is 0.199. The van der Waals surface area contributed by atoms with Crippen LogP contribution in [-0.4, -0.2) is 18.0 Å². The third kappa shape index (κ3) is 3.12. The van der Waals surface area contributed by atoms with Gasteiger partial charge in [0.1, 0.15) is 0 Å². The summed E-state index contributed by atoms with van der Waals surface area (Å²) in [6.07, 6.45) is 4.67. The molecule has 0 heterocycles. The Kier molecular flexibility index (Phi) is 4.32. The van der Waals surface area contributed by atoms with Gasteiger partial charge < -0.3 is 11.1 Å². The molecule has 110 valence electrons. The average molecular weight is 286 g/mol. The van der Waals surface area contributed by atoms with Crippen molar-refractivity contribution in [2.24, 2.45) is 5.73 Å². The third-order valence-corrected chi connectivity index (χ3v) is 3.73. The number of benzene rings is 1. The summed E-state index contributed by atoms with van der Waals surface area (Å²) in [5.74, 6) is -5.21. The van der Waals surface area contributed by atoms with Crippen LogP contribution in [0.5, 0.6) is 0 Å². The van der Waals surface area contributed by atoms with Crippen molar-refractivity contribution in [3.05, 3.63) is 35.1 Å². The monoisotopic (exact) mass is 286 g/mol. The van der Waals surface area contributed by atoms with E-state index in [1.807, 2.05) is 0 Å². The zero-order valence-electron chi connectivity index (χ0n) is 11.0. The summed E-state index contributed by atoms with van der Waals surface area (Å²) < 4.78 is 39.3. The van der Waals surface area contributed by atoms with Crippen LogP contribution in [0.3, 0.4) is 0 Å². The minimum Gasteiger partial charge on any atom is -0.350 e. The number of carbonyl (C=O) groups excluding carboxylic acids is 1. The molecule has 0 saturated heterocycles. The Balaban J connectivity index is 2.03. The van der Waals surface area contributed by atoms with Crippen molar-refractivity contribution < 1.29 is 18.0 Å². The Morgan fingerprint density at radius 2 is 1.80 bits per heavy atom. The second-order valence-corrected chi connectivity index (χ2v) is 5.33. The highest BCUT2D eigenvalue weighted by molar-refractivity contribution is 5.94. The van der Waals surface area contributed by atoms with Gasteiger partial charge in [0.2, 0.25) is 0 Å². The number of hydrogen-bond acceptors (Lipinski definition) is 2. The van der Waals surface area contributed by atoms with E-state index in [1.54, 1.807) is 0 Å². The van der Waals surface area contributed by atoms with Crippen LogP contribution in [0, 0.1) is 17.5 Å². The molecule has 0 unspecified atom stereocenters.